The minimum Gasteiger partial charge on any atom is -0.312 e. The molecular formula is C13H13BrFNO2S. The van der Waals surface area contributed by atoms with Crippen LogP contribution in [-0.4, -0.2) is 23.3 Å². The zero-order valence-corrected chi connectivity index (χ0v) is 12.8. The Balaban J connectivity index is 2.07. The highest BCUT2D eigenvalue weighted by Crippen LogP contribution is 2.30. The maximum Gasteiger partial charge on any atom is 0.227 e. The first-order chi connectivity index (χ1) is 8.97. The lowest BCUT2D eigenvalue weighted by Gasteiger charge is -2.17. The Morgan fingerprint density at radius 1 is 1.58 bits per heavy atom. The summed E-state index contributed by atoms with van der Waals surface area (Å²) in [5.41, 5.74) is 0.689. The molecule has 1 atom stereocenters. The van der Waals surface area contributed by atoms with Crippen LogP contribution in [0.4, 0.5) is 10.1 Å². The van der Waals surface area contributed by atoms with Crippen molar-refractivity contribution >= 4 is 44.4 Å². The van der Waals surface area contributed by atoms with Gasteiger partial charge in [-0.05, 0) is 40.0 Å². The molecule has 1 unspecified atom stereocenters. The molecule has 1 saturated heterocycles. The number of carbonyl (C=O) groups excluding carboxylic acids is 2. The van der Waals surface area contributed by atoms with Crippen LogP contribution in [0.25, 0.3) is 0 Å². The van der Waals surface area contributed by atoms with Crippen LogP contribution in [0, 0.1) is 11.7 Å². The van der Waals surface area contributed by atoms with Gasteiger partial charge in [0.15, 0.2) is 5.12 Å². The quantitative estimate of drug-likeness (QED) is 0.843. The summed E-state index contributed by atoms with van der Waals surface area (Å²) in [5.74, 6) is 0.497. The van der Waals surface area contributed by atoms with Crippen molar-refractivity contribution in [2.75, 3.05) is 17.2 Å². The number of hydrogen-bond acceptors (Lipinski definition) is 3. The van der Waals surface area contributed by atoms with E-state index in [0.717, 1.165) is 0 Å². The van der Waals surface area contributed by atoms with E-state index in [9.17, 15) is 14.0 Å². The topological polar surface area (TPSA) is 37.4 Å². The Morgan fingerprint density at radius 3 is 2.95 bits per heavy atom. The highest BCUT2D eigenvalue weighted by molar-refractivity contribution is 9.10. The van der Waals surface area contributed by atoms with E-state index < -0.39 is 0 Å². The van der Waals surface area contributed by atoms with Crippen molar-refractivity contribution in [1.82, 2.24) is 0 Å². The molecule has 1 aromatic carbocycles. The van der Waals surface area contributed by atoms with E-state index >= 15 is 0 Å². The second-order valence-corrected chi connectivity index (χ2v) is 6.53. The van der Waals surface area contributed by atoms with Crippen LogP contribution in [0.3, 0.4) is 0 Å². The minimum atomic E-state index is -0.348. The summed E-state index contributed by atoms with van der Waals surface area (Å²) in [5, 5.41) is 0.0652. The zero-order chi connectivity index (χ0) is 14.0. The van der Waals surface area contributed by atoms with Crippen molar-refractivity contribution in [3.63, 3.8) is 0 Å². The van der Waals surface area contributed by atoms with Crippen LogP contribution in [-0.2, 0) is 9.59 Å². The number of benzene rings is 1. The fraction of sp³-hybridized carbons (Fsp3) is 0.385. The van der Waals surface area contributed by atoms with E-state index in [-0.39, 0.29) is 22.8 Å². The molecule has 0 spiro atoms. The van der Waals surface area contributed by atoms with E-state index in [2.05, 4.69) is 15.9 Å². The van der Waals surface area contributed by atoms with Crippen LogP contribution in [0.1, 0.15) is 13.3 Å². The Labute approximate surface area is 123 Å². The van der Waals surface area contributed by atoms with Crippen LogP contribution in [0.5, 0.6) is 0 Å². The van der Waals surface area contributed by atoms with E-state index in [1.54, 1.807) is 17.0 Å². The van der Waals surface area contributed by atoms with Gasteiger partial charge in [0.1, 0.15) is 5.82 Å². The molecule has 19 heavy (non-hydrogen) atoms. The van der Waals surface area contributed by atoms with Gasteiger partial charge >= 0.3 is 0 Å². The van der Waals surface area contributed by atoms with Gasteiger partial charge in [0, 0.05) is 31.3 Å². The summed E-state index contributed by atoms with van der Waals surface area (Å²) in [6, 6.07) is 4.54. The van der Waals surface area contributed by atoms with Crippen LogP contribution >= 0.6 is 27.7 Å². The minimum absolute atomic E-state index is 0.0210. The molecule has 1 heterocycles. The van der Waals surface area contributed by atoms with Gasteiger partial charge in [-0.25, -0.2) is 4.39 Å². The predicted molar refractivity (Wildman–Crippen MR) is 77.7 cm³/mol. The molecule has 3 nitrogen and oxygen atoms in total. The molecule has 2 rings (SSSR count). The predicted octanol–water partition coefficient (Wildman–Crippen LogP) is 3.22. The molecule has 0 aliphatic carbocycles. The smallest absolute Gasteiger partial charge is 0.227 e. The number of thioether (sulfide) groups is 1. The first-order valence-electron chi connectivity index (χ1n) is 5.86. The Bertz CT molecular complexity index is 523. The molecule has 102 valence electrons. The Morgan fingerprint density at radius 2 is 2.32 bits per heavy atom. The second-order valence-electron chi connectivity index (χ2n) is 4.48. The van der Waals surface area contributed by atoms with E-state index in [0.29, 0.717) is 28.9 Å². The summed E-state index contributed by atoms with van der Waals surface area (Å²) in [6.45, 7) is 2.10. The maximum absolute atomic E-state index is 13.2. The van der Waals surface area contributed by atoms with Gasteiger partial charge in [0.05, 0.1) is 4.47 Å². The SMILES string of the molecule is CC(=O)SCC1CC(=O)N(c2ccc(F)c(Br)c2)C1. The first-order valence-corrected chi connectivity index (χ1v) is 7.64. The lowest BCUT2D eigenvalue weighted by molar-refractivity contribution is -0.117. The average Bonchev–Trinajstić information content (AvgIpc) is 2.72. The zero-order valence-electron chi connectivity index (χ0n) is 10.4. The third-order valence-corrected chi connectivity index (χ3v) is 4.59. The van der Waals surface area contributed by atoms with Crippen molar-refractivity contribution in [2.24, 2.45) is 5.92 Å². The van der Waals surface area contributed by atoms with Crippen molar-refractivity contribution < 1.29 is 14.0 Å². The highest BCUT2D eigenvalue weighted by Gasteiger charge is 2.30. The van der Waals surface area contributed by atoms with Crippen molar-refractivity contribution in [2.45, 2.75) is 13.3 Å². The van der Waals surface area contributed by atoms with Crippen molar-refractivity contribution in [3.05, 3.63) is 28.5 Å². The fourth-order valence-corrected chi connectivity index (χ4v) is 3.09. The van der Waals surface area contributed by atoms with Crippen LogP contribution in [0.15, 0.2) is 22.7 Å². The normalized spacial score (nSPS) is 19.0. The molecule has 0 bridgehead atoms. The van der Waals surface area contributed by atoms with Gasteiger partial charge in [-0.3, -0.25) is 9.59 Å². The summed E-state index contributed by atoms with van der Waals surface area (Å²) in [6.07, 6.45) is 0.440. The lowest BCUT2D eigenvalue weighted by atomic mass is 10.1. The second kappa shape index (κ2) is 6.05. The van der Waals surface area contributed by atoms with Gasteiger partial charge in [0.2, 0.25) is 5.91 Å². The van der Waals surface area contributed by atoms with Gasteiger partial charge in [-0.2, -0.15) is 0 Å². The molecule has 1 amide bonds. The third kappa shape index (κ3) is 3.57. The average molecular weight is 346 g/mol. The molecule has 0 radical (unpaired) electrons. The Hall–Kier alpha value is -0.880. The standard InChI is InChI=1S/C13H13BrFNO2S/c1-8(17)19-7-9-4-13(18)16(6-9)10-2-3-12(15)11(14)5-10/h2-3,5,9H,4,6-7H2,1H3. The molecule has 0 saturated carbocycles. The lowest BCUT2D eigenvalue weighted by Crippen LogP contribution is -2.24. The third-order valence-electron chi connectivity index (χ3n) is 2.94. The molecule has 6 heteroatoms. The maximum atomic E-state index is 13.2. The molecular weight excluding hydrogens is 333 g/mol. The first kappa shape index (κ1) is 14.5. The van der Waals surface area contributed by atoms with E-state index in [1.807, 2.05) is 0 Å². The molecule has 1 aliphatic rings. The van der Waals surface area contributed by atoms with Gasteiger partial charge in [-0.15, -0.1) is 0 Å². The largest absolute Gasteiger partial charge is 0.312 e. The number of anilines is 1. The number of rotatable bonds is 3. The van der Waals surface area contributed by atoms with E-state index in [1.165, 1.54) is 24.8 Å². The summed E-state index contributed by atoms with van der Waals surface area (Å²) in [7, 11) is 0. The summed E-state index contributed by atoms with van der Waals surface area (Å²) >= 11 is 4.36. The van der Waals surface area contributed by atoms with Crippen LogP contribution in [0.2, 0.25) is 0 Å². The molecule has 0 N–H and O–H groups in total. The number of nitrogens with zero attached hydrogens (tertiary/aromatic N) is 1. The molecule has 1 aromatic rings. The van der Waals surface area contributed by atoms with Gasteiger partial charge < -0.3 is 4.90 Å². The highest BCUT2D eigenvalue weighted by atomic mass is 79.9. The number of carbonyl (C=O) groups is 2. The van der Waals surface area contributed by atoms with Crippen LogP contribution < -0.4 is 4.90 Å². The van der Waals surface area contributed by atoms with Crippen molar-refractivity contribution in [3.8, 4) is 0 Å². The van der Waals surface area contributed by atoms with Crippen molar-refractivity contribution in [1.29, 1.82) is 0 Å². The number of amides is 1. The molecule has 0 aromatic heterocycles. The van der Waals surface area contributed by atoms with Gasteiger partial charge in [0.25, 0.3) is 0 Å². The molecule has 1 fully saturated rings. The summed E-state index contributed by atoms with van der Waals surface area (Å²) in [4.78, 5) is 24.5. The number of hydrogen-bond donors (Lipinski definition) is 0. The fourth-order valence-electron chi connectivity index (χ4n) is 2.03. The number of halogens is 2. The van der Waals surface area contributed by atoms with Gasteiger partial charge in [-0.1, -0.05) is 11.8 Å². The monoisotopic (exact) mass is 345 g/mol. The molecule has 1 aliphatic heterocycles. The van der Waals surface area contributed by atoms with E-state index in [4.69, 9.17) is 0 Å². The Kier molecular flexibility index (Phi) is 4.62. The summed E-state index contributed by atoms with van der Waals surface area (Å²) < 4.78 is 13.5.